The third kappa shape index (κ3) is 5.96. The van der Waals surface area contributed by atoms with Crippen molar-refractivity contribution in [2.24, 2.45) is 0 Å². The molecule has 3 nitrogen and oxygen atoms in total. The lowest BCUT2D eigenvalue weighted by molar-refractivity contribution is -0.118. The molecule has 1 aromatic carbocycles. The Bertz CT molecular complexity index is 402. The number of carbonyl (C=O) groups excluding carboxylic acids is 1. The van der Waals surface area contributed by atoms with Crippen LogP contribution in [0.5, 0.6) is 0 Å². The van der Waals surface area contributed by atoms with Gasteiger partial charge in [0.1, 0.15) is 0 Å². The third-order valence-electron chi connectivity index (χ3n) is 2.18. The highest BCUT2D eigenvalue weighted by Gasteiger charge is 2.06. The van der Waals surface area contributed by atoms with Gasteiger partial charge in [0.05, 0.1) is 10.8 Å². The Labute approximate surface area is 122 Å². The molecule has 1 rings (SSSR count). The minimum atomic E-state index is 0.00662. The first-order valence-electron chi connectivity index (χ1n) is 5.62. The smallest absolute Gasteiger partial charge is 0.230 e. The number of hydrogen-bond donors (Lipinski definition) is 2. The van der Waals surface area contributed by atoms with Crippen LogP contribution >= 0.6 is 35.0 Å². The van der Waals surface area contributed by atoms with Crippen molar-refractivity contribution in [2.75, 3.05) is 25.9 Å². The molecule has 0 unspecified atom stereocenters. The number of thioether (sulfide) groups is 1. The number of rotatable bonds is 7. The second-order valence-electron chi connectivity index (χ2n) is 3.67. The Kier molecular flexibility index (Phi) is 7.51. The molecule has 2 N–H and O–H groups in total. The van der Waals surface area contributed by atoms with Crippen molar-refractivity contribution in [3.05, 3.63) is 28.2 Å². The van der Waals surface area contributed by atoms with Gasteiger partial charge in [-0.1, -0.05) is 23.2 Å². The Morgan fingerprint density at radius 1 is 1.33 bits per heavy atom. The van der Waals surface area contributed by atoms with E-state index in [1.807, 2.05) is 7.05 Å². The van der Waals surface area contributed by atoms with E-state index in [0.717, 1.165) is 17.9 Å². The van der Waals surface area contributed by atoms with E-state index in [9.17, 15) is 4.79 Å². The SMILES string of the molecule is CNCCCNC(=O)CSc1cc(Cl)ccc1Cl. The van der Waals surface area contributed by atoms with Crippen LogP contribution in [0.4, 0.5) is 0 Å². The molecule has 0 fully saturated rings. The van der Waals surface area contributed by atoms with Gasteiger partial charge in [0, 0.05) is 16.5 Å². The Morgan fingerprint density at radius 2 is 2.11 bits per heavy atom. The molecule has 0 radical (unpaired) electrons. The maximum atomic E-state index is 11.5. The molecule has 1 aromatic rings. The fourth-order valence-corrected chi connectivity index (χ4v) is 2.60. The Hall–Kier alpha value is -0.420. The predicted molar refractivity (Wildman–Crippen MR) is 78.7 cm³/mol. The highest BCUT2D eigenvalue weighted by Crippen LogP contribution is 2.29. The first kappa shape index (κ1) is 15.6. The van der Waals surface area contributed by atoms with Crippen LogP contribution in [-0.2, 0) is 4.79 Å². The Morgan fingerprint density at radius 3 is 2.83 bits per heavy atom. The van der Waals surface area contributed by atoms with Crippen molar-refractivity contribution in [2.45, 2.75) is 11.3 Å². The zero-order valence-corrected chi connectivity index (χ0v) is 12.5. The van der Waals surface area contributed by atoms with E-state index in [4.69, 9.17) is 23.2 Å². The van der Waals surface area contributed by atoms with E-state index < -0.39 is 0 Å². The van der Waals surface area contributed by atoms with E-state index >= 15 is 0 Å². The number of nitrogens with one attached hydrogen (secondary N) is 2. The van der Waals surface area contributed by atoms with Crippen LogP contribution in [0, 0.1) is 0 Å². The molecule has 0 atom stereocenters. The second kappa shape index (κ2) is 8.64. The summed E-state index contributed by atoms with van der Waals surface area (Å²) in [5, 5.41) is 7.11. The molecule has 0 aromatic heterocycles. The fourth-order valence-electron chi connectivity index (χ4n) is 1.28. The van der Waals surface area contributed by atoms with Gasteiger partial charge in [-0.2, -0.15) is 0 Å². The van der Waals surface area contributed by atoms with Gasteiger partial charge >= 0.3 is 0 Å². The lowest BCUT2D eigenvalue weighted by Crippen LogP contribution is -2.27. The lowest BCUT2D eigenvalue weighted by atomic mass is 10.4. The minimum absolute atomic E-state index is 0.00662. The van der Waals surface area contributed by atoms with Gasteiger partial charge in [-0.25, -0.2) is 0 Å². The highest BCUT2D eigenvalue weighted by molar-refractivity contribution is 8.00. The van der Waals surface area contributed by atoms with Crippen LogP contribution in [0.15, 0.2) is 23.1 Å². The van der Waals surface area contributed by atoms with Crippen LogP contribution in [0.3, 0.4) is 0 Å². The van der Waals surface area contributed by atoms with Crippen molar-refractivity contribution in [3.8, 4) is 0 Å². The molecule has 0 bridgehead atoms. The van der Waals surface area contributed by atoms with Crippen molar-refractivity contribution in [3.63, 3.8) is 0 Å². The topological polar surface area (TPSA) is 41.1 Å². The first-order chi connectivity index (χ1) is 8.63. The van der Waals surface area contributed by atoms with E-state index in [1.54, 1.807) is 18.2 Å². The summed E-state index contributed by atoms with van der Waals surface area (Å²) in [4.78, 5) is 12.4. The summed E-state index contributed by atoms with van der Waals surface area (Å²) in [6.45, 7) is 1.58. The number of amides is 1. The quantitative estimate of drug-likeness (QED) is 0.601. The summed E-state index contributed by atoms with van der Waals surface area (Å²) in [6, 6.07) is 5.23. The molecule has 1 amide bonds. The second-order valence-corrected chi connectivity index (χ2v) is 5.53. The Balaban J connectivity index is 2.31. The summed E-state index contributed by atoms with van der Waals surface area (Å²) >= 11 is 13.3. The molecule has 18 heavy (non-hydrogen) atoms. The van der Waals surface area contributed by atoms with Gasteiger partial charge in [-0.05, 0) is 38.2 Å². The standard InChI is InChI=1S/C12H16Cl2N2OS/c1-15-5-2-6-16-12(17)8-18-11-7-9(13)3-4-10(11)14/h3-4,7,15H,2,5-6,8H2,1H3,(H,16,17). The summed E-state index contributed by atoms with van der Waals surface area (Å²) in [5.41, 5.74) is 0. The zero-order valence-electron chi connectivity index (χ0n) is 10.1. The van der Waals surface area contributed by atoms with Gasteiger partial charge in [0.25, 0.3) is 0 Å². The van der Waals surface area contributed by atoms with Crippen LogP contribution in [-0.4, -0.2) is 31.8 Å². The van der Waals surface area contributed by atoms with Gasteiger partial charge in [-0.15, -0.1) is 11.8 Å². The molecule has 0 aliphatic carbocycles. The molecular formula is C12H16Cl2N2OS. The highest BCUT2D eigenvalue weighted by atomic mass is 35.5. The number of halogens is 2. The summed E-state index contributed by atoms with van der Waals surface area (Å²) < 4.78 is 0. The largest absolute Gasteiger partial charge is 0.355 e. The number of carbonyl (C=O) groups is 1. The molecule has 0 heterocycles. The number of benzene rings is 1. The molecule has 100 valence electrons. The van der Waals surface area contributed by atoms with Crippen LogP contribution in [0.2, 0.25) is 10.0 Å². The van der Waals surface area contributed by atoms with Crippen LogP contribution in [0.1, 0.15) is 6.42 Å². The van der Waals surface area contributed by atoms with E-state index in [2.05, 4.69) is 10.6 Å². The molecule has 0 saturated carbocycles. The van der Waals surface area contributed by atoms with Crippen molar-refractivity contribution in [1.29, 1.82) is 0 Å². The predicted octanol–water partition coefficient (Wildman–Crippen LogP) is 2.81. The average molecular weight is 307 g/mol. The molecule has 0 saturated heterocycles. The molecular weight excluding hydrogens is 291 g/mol. The van der Waals surface area contributed by atoms with E-state index in [-0.39, 0.29) is 5.91 Å². The summed E-state index contributed by atoms with van der Waals surface area (Å²) in [7, 11) is 1.89. The third-order valence-corrected chi connectivity index (χ3v) is 3.91. The lowest BCUT2D eigenvalue weighted by Gasteiger charge is -2.06. The van der Waals surface area contributed by atoms with Crippen LogP contribution < -0.4 is 10.6 Å². The van der Waals surface area contributed by atoms with Gasteiger partial charge < -0.3 is 10.6 Å². The molecule has 0 aliphatic rings. The van der Waals surface area contributed by atoms with E-state index in [1.165, 1.54) is 11.8 Å². The van der Waals surface area contributed by atoms with Crippen molar-refractivity contribution in [1.82, 2.24) is 10.6 Å². The number of hydrogen-bond acceptors (Lipinski definition) is 3. The monoisotopic (exact) mass is 306 g/mol. The maximum Gasteiger partial charge on any atom is 0.230 e. The van der Waals surface area contributed by atoms with Crippen LogP contribution in [0.25, 0.3) is 0 Å². The molecule has 6 heteroatoms. The zero-order chi connectivity index (χ0) is 13.4. The maximum absolute atomic E-state index is 11.5. The van der Waals surface area contributed by atoms with E-state index in [0.29, 0.717) is 22.3 Å². The summed E-state index contributed by atoms with van der Waals surface area (Å²) in [6.07, 6.45) is 0.921. The molecule has 0 aliphatic heterocycles. The molecule has 0 spiro atoms. The average Bonchev–Trinajstić information content (AvgIpc) is 2.36. The normalized spacial score (nSPS) is 10.4. The van der Waals surface area contributed by atoms with Crippen molar-refractivity contribution < 1.29 is 4.79 Å². The van der Waals surface area contributed by atoms with Crippen molar-refractivity contribution >= 4 is 40.9 Å². The fraction of sp³-hybridized carbons (Fsp3) is 0.417. The van der Waals surface area contributed by atoms with Gasteiger partial charge in [0.15, 0.2) is 0 Å². The van der Waals surface area contributed by atoms with Gasteiger partial charge in [-0.3, -0.25) is 4.79 Å². The summed E-state index contributed by atoms with van der Waals surface area (Å²) in [5.74, 6) is 0.353. The van der Waals surface area contributed by atoms with Gasteiger partial charge in [0.2, 0.25) is 5.91 Å². The first-order valence-corrected chi connectivity index (χ1v) is 7.37. The minimum Gasteiger partial charge on any atom is -0.355 e.